The zero-order valence-electron chi connectivity index (χ0n) is 10.5. The highest BCUT2D eigenvalue weighted by Crippen LogP contribution is 2.25. The summed E-state index contributed by atoms with van der Waals surface area (Å²) >= 11 is 6.74. The monoisotopic (exact) mass is 382 g/mol. The van der Waals surface area contributed by atoms with Gasteiger partial charge in [0.2, 0.25) is 0 Å². The van der Waals surface area contributed by atoms with Crippen molar-refractivity contribution in [2.45, 2.75) is 13.8 Å². The van der Waals surface area contributed by atoms with Crippen molar-refractivity contribution in [3.8, 4) is 0 Å². The molecule has 0 saturated heterocycles. The van der Waals surface area contributed by atoms with E-state index in [1.165, 1.54) is 6.20 Å². The normalized spacial score (nSPS) is 10.3. The molecule has 0 aliphatic rings. The molecule has 0 aliphatic carbocycles. The van der Waals surface area contributed by atoms with E-state index < -0.39 is 0 Å². The molecule has 1 aromatic carbocycles. The van der Waals surface area contributed by atoms with E-state index in [4.69, 9.17) is 0 Å². The van der Waals surface area contributed by atoms with Crippen LogP contribution in [-0.4, -0.2) is 10.9 Å². The minimum Gasteiger partial charge on any atom is -0.322 e. The first-order valence-electron chi connectivity index (χ1n) is 5.67. The van der Waals surface area contributed by atoms with Crippen molar-refractivity contribution in [1.82, 2.24) is 4.98 Å². The summed E-state index contributed by atoms with van der Waals surface area (Å²) in [5, 5.41) is 2.87. The van der Waals surface area contributed by atoms with Gasteiger partial charge in [0, 0.05) is 16.4 Å². The molecule has 1 heterocycles. The molecular formula is C14H12Br2N2O. The Bertz CT molecular complexity index is 601. The molecule has 19 heavy (non-hydrogen) atoms. The molecule has 0 fully saturated rings. The third-order valence-corrected chi connectivity index (χ3v) is 4.40. The van der Waals surface area contributed by atoms with Crippen LogP contribution in [0.1, 0.15) is 21.5 Å². The lowest BCUT2D eigenvalue weighted by atomic mass is 10.1. The van der Waals surface area contributed by atoms with Crippen molar-refractivity contribution in [2.24, 2.45) is 0 Å². The number of aryl methyl sites for hydroxylation is 2. The molecule has 0 aliphatic heterocycles. The van der Waals surface area contributed by atoms with Gasteiger partial charge in [0.05, 0.1) is 5.56 Å². The van der Waals surface area contributed by atoms with Gasteiger partial charge in [0.15, 0.2) is 0 Å². The van der Waals surface area contributed by atoms with Crippen LogP contribution in [0.5, 0.6) is 0 Å². The molecule has 0 bridgehead atoms. The highest BCUT2D eigenvalue weighted by molar-refractivity contribution is 9.10. The summed E-state index contributed by atoms with van der Waals surface area (Å²) in [5.74, 6) is -0.166. The van der Waals surface area contributed by atoms with E-state index in [1.807, 2.05) is 26.0 Å². The van der Waals surface area contributed by atoms with Gasteiger partial charge >= 0.3 is 0 Å². The molecule has 0 radical (unpaired) electrons. The molecular weight excluding hydrogens is 372 g/mol. The first kappa shape index (κ1) is 14.2. The fourth-order valence-electron chi connectivity index (χ4n) is 1.73. The predicted octanol–water partition coefficient (Wildman–Crippen LogP) is 4.48. The number of halogens is 2. The van der Waals surface area contributed by atoms with Crippen molar-refractivity contribution >= 4 is 43.5 Å². The lowest BCUT2D eigenvalue weighted by Crippen LogP contribution is -2.12. The number of amides is 1. The SMILES string of the molecule is Cc1cc(NC(=O)c2ccc(Br)nc2)cc(C)c1Br. The minimum atomic E-state index is -0.166. The van der Waals surface area contributed by atoms with E-state index in [0.29, 0.717) is 10.2 Å². The standard InChI is InChI=1S/C14H12Br2N2O/c1-8-5-11(6-9(2)13(8)16)18-14(19)10-3-4-12(15)17-7-10/h3-7H,1-2H3,(H,18,19). The third kappa shape index (κ3) is 3.42. The highest BCUT2D eigenvalue weighted by atomic mass is 79.9. The van der Waals surface area contributed by atoms with Gasteiger partial charge in [0.1, 0.15) is 4.60 Å². The molecule has 3 nitrogen and oxygen atoms in total. The van der Waals surface area contributed by atoms with Crippen LogP contribution in [-0.2, 0) is 0 Å². The van der Waals surface area contributed by atoms with E-state index in [0.717, 1.165) is 21.3 Å². The molecule has 0 unspecified atom stereocenters. The largest absolute Gasteiger partial charge is 0.322 e. The Morgan fingerprint density at radius 3 is 2.32 bits per heavy atom. The quantitative estimate of drug-likeness (QED) is 0.777. The second kappa shape index (κ2) is 5.84. The van der Waals surface area contributed by atoms with Crippen molar-refractivity contribution < 1.29 is 4.79 Å². The first-order chi connectivity index (χ1) is 8.97. The molecule has 1 aromatic heterocycles. The van der Waals surface area contributed by atoms with Crippen LogP contribution in [0.25, 0.3) is 0 Å². The van der Waals surface area contributed by atoms with Crippen molar-refractivity contribution in [3.05, 3.63) is 56.2 Å². The van der Waals surface area contributed by atoms with Crippen LogP contribution in [0.15, 0.2) is 39.5 Å². The minimum absolute atomic E-state index is 0.166. The van der Waals surface area contributed by atoms with Gasteiger partial charge in [-0.2, -0.15) is 0 Å². The van der Waals surface area contributed by atoms with Crippen LogP contribution in [0, 0.1) is 13.8 Å². The van der Waals surface area contributed by atoms with Crippen LogP contribution in [0.4, 0.5) is 5.69 Å². The van der Waals surface area contributed by atoms with Crippen LogP contribution >= 0.6 is 31.9 Å². The Labute approximate surface area is 128 Å². The maximum Gasteiger partial charge on any atom is 0.257 e. The number of rotatable bonds is 2. The topological polar surface area (TPSA) is 42.0 Å². The molecule has 2 aromatic rings. The second-order valence-corrected chi connectivity index (χ2v) is 5.85. The number of hydrogen-bond donors (Lipinski definition) is 1. The fourth-order valence-corrected chi connectivity index (χ4v) is 2.19. The Morgan fingerprint density at radius 1 is 1.16 bits per heavy atom. The fraction of sp³-hybridized carbons (Fsp3) is 0.143. The molecule has 98 valence electrons. The molecule has 0 atom stereocenters. The summed E-state index contributed by atoms with van der Waals surface area (Å²) in [6.45, 7) is 3.99. The zero-order valence-corrected chi connectivity index (χ0v) is 13.7. The van der Waals surface area contributed by atoms with Crippen molar-refractivity contribution in [2.75, 3.05) is 5.32 Å². The first-order valence-corrected chi connectivity index (χ1v) is 7.25. The predicted molar refractivity (Wildman–Crippen MR) is 83.5 cm³/mol. The van der Waals surface area contributed by atoms with Gasteiger partial charge in [0.25, 0.3) is 5.91 Å². The number of nitrogens with zero attached hydrogens (tertiary/aromatic N) is 1. The number of nitrogens with one attached hydrogen (secondary N) is 1. The van der Waals surface area contributed by atoms with Crippen LogP contribution < -0.4 is 5.32 Å². The highest BCUT2D eigenvalue weighted by Gasteiger charge is 2.08. The van der Waals surface area contributed by atoms with Gasteiger partial charge in [-0.1, -0.05) is 15.9 Å². The molecule has 1 amide bonds. The number of hydrogen-bond acceptors (Lipinski definition) is 2. The van der Waals surface area contributed by atoms with Gasteiger partial charge in [-0.25, -0.2) is 4.98 Å². The number of aromatic nitrogens is 1. The van der Waals surface area contributed by atoms with Gasteiger partial charge < -0.3 is 5.32 Å². The zero-order chi connectivity index (χ0) is 14.0. The Kier molecular flexibility index (Phi) is 4.37. The van der Waals surface area contributed by atoms with Gasteiger partial charge in [-0.05, 0) is 65.2 Å². The molecule has 5 heteroatoms. The summed E-state index contributed by atoms with van der Waals surface area (Å²) in [6, 6.07) is 7.33. The van der Waals surface area contributed by atoms with Crippen LogP contribution in [0.3, 0.4) is 0 Å². The smallest absolute Gasteiger partial charge is 0.257 e. The molecule has 0 spiro atoms. The van der Waals surface area contributed by atoms with E-state index in [2.05, 4.69) is 42.2 Å². The number of anilines is 1. The van der Waals surface area contributed by atoms with Gasteiger partial charge in [-0.15, -0.1) is 0 Å². The lowest BCUT2D eigenvalue weighted by Gasteiger charge is -2.09. The average molecular weight is 384 g/mol. The average Bonchev–Trinajstić information content (AvgIpc) is 2.36. The third-order valence-electron chi connectivity index (χ3n) is 2.68. The Hall–Kier alpha value is -1.20. The summed E-state index contributed by atoms with van der Waals surface area (Å²) in [7, 11) is 0. The Balaban J connectivity index is 2.22. The molecule has 1 N–H and O–H groups in total. The van der Waals surface area contributed by atoms with Crippen LogP contribution in [0.2, 0.25) is 0 Å². The van der Waals surface area contributed by atoms with Crippen molar-refractivity contribution in [1.29, 1.82) is 0 Å². The molecule has 2 rings (SSSR count). The lowest BCUT2D eigenvalue weighted by molar-refractivity contribution is 0.102. The summed E-state index contributed by atoms with van der Waals surface area (Å²) in [5.41, 5.74) is 3.49. The summed E-state index contributed by atoms with van der Waals surface area (Å²) in [4.78, 5) is 16.1. The number of carbonyl (C=O) groups is 1. The molecule has 0 saturated carbocycles. The number of pyridine rings is 1. The number of carbonyl (C=O) groups excluding carboxylic acids is 1. The number of benzene rings is 1. The Morgan fingerprint density at radius 2 is 1.79 bits per heavy atom. The van der Waals surface area contributed by atoms with E-state index in [-0.39, 0.29) is 5.91 Å². The van der Waals surface area contributed by atoms with E-state index >= 15 is 0 Å². The summed E-state index contributed by atoms with van der Waals surface area (Å²) in [6.07, 6.45) is 1.54. The maximum absolute atomic E-state index is 12.1. The van der Waals surface area contributed by atoms with Crippen molar-refractivity contribution in [3.63, 3.8) is 0 Å². The van der Waals surface area contributed by atoms with Gasteiger partial charge in [-0.3, -0.25) is 4.79 Å². The van der Waals surface area contributed by atoms with E-state index in [1.54, 1.807) is 12.1 Å². The summed E-state index contributed by atoms with van der Waals surface area (Å²) < 4.78 is 1.77. The van der Waals surface area contributed by atoms with E-state index in [9.17, 15) is 4.79 Å². The maximum atomic E-state index is 12.1. The second-order valence-electron chi connectivity index (χ2n) is 4.25.